The summed E-state index contributed by atoms with van der Waals surface area (Å²) in [5.74, 6) is -1.63. The van der Waals surface area contributed by atoms with E-state index >= 15 is 0 Å². The molecule has 4 amide bonds. The number of amides is 4. The maximum atomic E-state index is 13.8. The van der Waals surface area contributed by atoms with E-state index in [1.165, 1.54) is 16.9 Å². The predicted octanol–water partition coefficient (Wildman–Crippen LogP) is 2.75. The molecule has 0 aliphatic heterocycles. The van der Waals surface area contributed by atoms with Crippen LogP contribution in [0.2, 0.25) is 0 Å². The van der Waals surface area contributed by atoms with E-state index in [1.54, 1.807) is 45.9 Å². The number of nitrogen functional groups attached to an aromatic ring is 1. The number of hydrogen-bond donors (Lipinski definition) is 6. The average molecular weight is 794 g/mol. The first-order valence-corrected chi connectivity index (χ1v) is 18.8. The number of fused-ring (bicyclic) bond motifs is 2. The number of hydrogen-bond acceptors (Lipinski definition) is 12. The van der Waals surface area contributed by atoms with E-state index in [2.05, 4.69) is 36.1 Å². The SMILES string of the molecule is CCn1nc(C)cc1C(=O)Nc1nc2cc(C(N)=O)cnc2n1C/C=C/Cn1c(NC(=O)c2c(N)c(C)nn2CC)nc2cc(C(N)=O)cc(OCCCCNC)c21. The molecule has 0 atom stereocenters. The number of nitrogens with two attached hydrogens (primary N) is 3. The molecule has 0 spiro atoms. The normalized spacial score (nSPS) is 11.5. The summed E-state index contributed by atoms with van der Waals surface area (Å²) in [7, 11) is 1.87. The first-order chi connectivity index (χ1) is 27.8. The Balaban J connectivity index is 1.38. The third-order valence-electron chi connectivity index (χ3n) is 9.36. The lowest BCUT2D eigenvalue weighted by atomic mass is 10.1. The monoisotopic (exact) mass is 793 g/mol. The van der Waals surface area contributed by atoms with Gasteiger partial charge in [-0.05, 0) is 78.4 Å². The van der Waals surface area contributed by atoms with Gasteiger partial charge in [-0.2, -0.15) is 10.2 Å². The summed E-state index contributed by atoms with van der Waals surface area (Å²) in [6.45, 7) is 9.60. The molecule has 0 radical (unpaired) electrons. The Morgan fingerprint density at radius 2 is 1.47 bits per heavy atom. The number of rotatable bonds is 18. The third kappa shape index (κ3) is 8.36. The zero-order valence-corrected chi connectivity index (χ0v) is 33.0. The van der Waals surface area contributed by atoms with Gasteiger partial charge < -0.3 is 31.8 Å². The van der Waals surface area contributed by atoms with Gasteiger partial charge in [0.15, 0.2) is 5.65 Å². The third-order valence-corrected chi connectivity index (χ3v) is 9.36. The van der Waals surface area contributed by atoms with Crippen molar-refractivity contribution in [3.63, 3.8) is 0 Å². The van der Waals surface area contributed by atoms with Crippen molar-refractivity contribution in [2.45, 2.75) is 66.7 Å². The Bertz CT molecular complexity index is 2560. The summed E-state index contributed by atoms with van der Waals surface area (Å²) < 4.78 is 12.8. The number of aromatic nitrogens is 9. The molecule has 0 saturated carbocycles. The second-order valence-electron chi connectivity index (χ2n) is 13.4. The van der Waals surface area contributed by atoms with Gasteiger partial charge in [-0.25, -0.2) is 15.0 Å². The van der Waals surface area contributed by atoms with Crippen LogP contribution in [-0.2, 0) is 26.2 Å². The molecule has 304 valence electrons. The Morgan fingerprint density at radius 3 is 2.16 bits per heavy atom. The van der Waals surface area contributed by atoms with Crippen LogP contribution in [0.15, 0.2) is 42.6 Å². The van der Waals surface area contributed by atoms with Crippen molar-refractivity contribution in [1.29, 1.82) is 0 Å². The number of allylic oxidation sites excluding steroid dienone is 2. The molecule has 0 bridgehead atoms. The fourth-order valence-corrected chi connectivity index (χ4v) is 6.47. The molecule has 0 aliphatic carbocycles. The van der Waals surface area contributed by atoms with Gasteiger partial charge in [0.1, 0.15) is 28.2 Å². The molecular formula is C38H47N15O5. The van der Waals surface area contributed by atoms with Gasteiger partial charge in [-0.15, -0.1) is 0 Å². The summed E-state index contributed by atoms with van der Waals surface area (Å²) in [4.78, 5) is 65.5. The van der Waals surface area contributed by atoms with Crippen molar-refractivity contribution in [3.8, 4) is 5.75 Å². The standard InChI is InChI=1S/C38H47N15O5/c1-6-52-27(16-21(3)48-52)35(56)46-38-45-26-18-24(33(41)55)20-43-34(26)51(38)14-10-9-13-50-30-25(17-23(32(40)54)19-28(30)58-15-11-8-12-42-5)44-37(50)47-36(57)31-29(39)22(4)49-53(31)7-2/h9-10,16-20,42H,6-8,11-15,39H2,1-5H3,(H2,40,54)(H2,41,55)(H,44,47,57)(H,45,46,56)/b10-9+. The van der Waals surface area contributed by atoms with Gasteiger partial charge in [0, 0.05) is 37.9 Å². The predicted molar refractivity (Wildman–Crippen MR) is 218 cm³/mol. The van der Waals surface area contributed by atoms with Crippen LogP contribution in [-0.4, -0.2) is 87.5 Å². The zero-order chi connectivity index (χ0) is 41.7. The highest BCUT2D eigenvalue weighted by Gasteiger charge is 2.24. The highest BCUT2D eigenvalue weighted by molar-refractivity contribution is 6.07. The number of aryl methyl sites for hydroxylation is 4. The number of anilines is 3. The van der Waals surface area contributed by atoms with Crippen LogP contribution in [0.4, 0.5) is 17.6 Å². The van der Waals surface area contributed by atoms with Crippen LogP contribution >= 0.6 is 0 Å². The first kappa shape index (κ1) is 40.6. The maximum absolute atomic E-state index is 13.8. The molecule has 20 heteroatoms. The Hall–Kier alpha value is -7.09. The second-order valence-corrected chi connectivity index (χ2v) is 13.4. The number of nitrogens with one attached hydrogen (secondary N) is 3. The molecule has 0 aliphatic rings. The highest BCUT2D eigenvalue weighted by Crippen LogP contribution is 2.32. The molecule has 6 aromatic rings. The Labute approximate surface area is 332 Å². The van der Waals surface area contributed by atoms with Crippen LogP contribution in [0.25, 0.3) is 22.2 Å². The Kier molecular flexibility index (Phi) is 12.1. The molecule has 5 heterocycles. The largest absolute Gasteiger partial charge is 0.491 e. The fraction of sp³-hybridized carbons (Fsp3) is 0.342. The molecule has 20 nitrogen and oxygen atoms in total. The lowest BCUT2D eigenvalue weighted by Crippen LogP contribution is -2.21. The Morgan fingerprint density at radius 1 is 0.810 bits per heavy atom. The molecule has 0 saturated heterocycles. The van der Waals surface area contributed by atoms with Crippen molar-refractivity contribution in [3.05, 3.63) is 76.5 Å². The maximum Gasteiger partial charge on any atom is 0.278 e. The quantitative estimate of drug-likeness (QED) is 0.0542. The minimum atomic E-state index is -0.673. The van der Waals surface area contributed by atoms with E-state index in [0.717, 1.165) is 19.4 Å². The molecule has 9 N–H and O–H groups in total. The number of unbranched alkanes of at least 4 members (excludes halogenated alkanes) is 1. The van der Waals surface area contributed by atoms with Crippen molar-refractivity contribution < 1.29 is 23.9 Å². The van der Waals surface area contributed by atoms with Crippen molar-refractivity contribution >= 4 is 63.4 Å². The summed E-state index contributed by atoms with van der Waals surface area (Å²) in [6, 6.07) is 6.29. The summed E-state index contributed by atoms with van der Waals surface area (Å²) >= 11 is 0. The van der Waals surface area contributed by atoms with Crippen LogP contribution < -0.4 is 37.9 Å². The molecule has 6 rings (SSSR count). The van der Waals surface area contributed by atoms with E-state index < -0.39 is 23.6 Å². The first-order valence-electron chi connectivity index (χ1n) is 18.8. The van der Waals surface area contributed by atoms with E-state index in [0.29, 0.717) is 64.7 Å². The van der Waals surface area contributed by atoms with E-state index in [4.69, 9.17) is 26.9 Å². The van der Waals surface area contributed by atoms with E-state index in [-0.39, 0.29) is 47.5 Å². The molecule has 58 heavy (non-hydrogen) atoms. The van der Waals surface area contributed by atoms with Crippen LogP contribution in [0.5, 0.6) is 5.75 Å². The molecule has 5 aromatic heterocycles. The lowest BCUT2D eigenvalue weighted by molar-refractivity contribution is 0.0991. The number of ether oxygens (including phenoxy) is 1. The van der Waals surface area contributed by atoms with Gasteiger partial charge in [-0.1, -0.05) is 12.2 Å². The fourth-order valence-electron chi connectivity index (χ4n) is 6.47. The molecular weight excluding hydrogens is 747 g/mol. The second kappa shape index (κ2) is 17.4. The van der Waals surface area contributed by atoms with Gasteiger partial charge in [0.05, 0.1) is 34.8 Å². The van der Waals surface area contributed by atoms with Gasteiger partial charge in [0.25, 0.3) is 11.8 Å². The number of nitrogens with zero attached hydrogens (tertiary/aromatic N) is 9. The number of primary amides is 2. The van der Waals surface area contributed by atoms with Crippen molar-refractivity contribution in [2.75, 3.05) is 36.6 Å². The summed E-state index contributed by atoms with van der Waals surface area (Å²) in [5, 5.41) is 17.6. The minimum absolute atomic E-state index is 0.150. The molecule has 0 unspecified atom stereocenters. The van der Waals surface area contributed by atoms with Crippen LogP contribution in [0.3, 0.4) is 0 Å². The van der Waals surface area contributed by atoms with E-state index in [9.17, 15) is 19.2 Å². The number of carbonyl (C=O) groups excluding carboxylic acids is 4. The lowest BCUT2D eigenvalue weighted by Gasteiger charge is -2.13. The van der Waals surface area contributed by atoms with Crippen molar-refractivity contribution in [2.24, 2.45) is 11.5 Å². The van der Waals surface area contributed by atoms with Crippen LogP contribution in [0, 0.1) is 13.8 Å². The van der Waals surface area contributed by atoms with Gasteiger partial charge >= 0.3 is 0 Å². The smallest absolute Gasteiger partial charge is 0.278 e. The summed E-state index contributed by atoms with van der Waals surface area (Å²) in [6.07, 6.45) is 6.58. The number of pyridine rings is 1. The minimum Gasteiger partial charge on any atom is -0.491 e. The summed E-state index contributed by atoms with van der Waals surface area (Å²) in [5.41, 5.74) is 21.4. The number of carbonyl (C=O) groups is 4. The highest BCUT2D eigenvalue weighted by atomic mass is 16.5. The molecule has 0 fully saturated rings. The average Bonchev–Trinajstić information content (AvgIpc) is 3.93. The van der Waals surface area contributed by atoms with Gasteiger partial charge in [0.2, 0.25) is 23.7 Å². The van der Waals surface area contributed by atoms with Crippen LogP contribution in [0.1, 0.15) is 79.8 Å². The number of benzene rings is 1. The zero-order valence-electron chi connectivity index (χ0n) is 33.0. The van der Waals surface area contributed by atoms with Gasteiger partial charge in [-0.3, -0.25) is 43.7 Å². The molecule has 1 aromatic carbocycles. The number of imidazole rings is 2. The van der Waals surface area contributed by atoms with Crippen molar-refractivity contribution in [1.82, 2.24) is 49.0 Å². The van der Waals surface area contributed by atoms with E-state index in [1.807, 2.05) is 33.0 Å². The topological polar surface area (TPSA) is 276 Å².